The van der Waals surface area contributed by atoms with Gasteiger partial charge in [0.25, 0.3) is 0 Å². The number of aromatic amines is 1. The van der Waals surface area contributed by atoms with Gasteiger partial charge in [0.1, 0.15) is 4.90 Å². The van der Waals surface area contributed by atoms with E-state index in [-0.39, 0.29) is 16.2 Å². The second-order valence-corrected chi connectivity index (χ2v) is 8.12. The van der Waals surface area contributed by atoms with E-state index in [1.165, 1.54) is 18.0 Å². The van der Waals surface area contributed by atoms with Gasteiger partial charge in [0.15, 0.2) is 0 Å². The van der Waals surface area contributed by atoms with Gasteiger partial charge in [-0.2, -0.15) is 9.40 Å². The van der Waals surface area contributed by atoms with Crippen molar-refractivity contribution in [1.82, 2.24) is 14.5 Å². The molecule has 21 heavy (non-hydrogen) atoms. The van der Waals surface area contributed by atoms with Gasteiger partial charge in [0.2, 0.25) is 10.0 Å². The number of aromatic nitrogens is 2. The lowest BCUT2D eigenvalue weighted by atomic mass is 9.78. The number of benzene rings is 1. The fourth-order valence-corrected chi connectivity index (χ4v) is 4.57. The summed E-state index contributed by atoms with van der Waals surface area (Å²) in [4.78, 5) is 0.229. The molecule has 0 radical (unpaired) electrons. The van der Waals surface area contributed by atoms with Crippen molar-refractivity contribution in [3.8, 4) is 0 Å². The van der Waals surface area contributed by atoms with Crippen molar-refractivity contribution in [3.05, 3.63) is 48.3 Å². The Morgan fingerprint density at radius 2 is 2.00 bits per heavy atom. The number of nitrogens with zero attached hydrogens (tertiary/aromatic N) is 2. The Kier molecular flexibility index (Phi) is 3.37. The van der Waals surface area contributed by atoms with E-state index in [1.54, 1.807) is 4.31 Å². The van der Waals surface area contributed by atoms with Crippen LogP contribution in [0.25, 0.3) is 0 Å². The lowest BCUT2D eigenvalue weighted by Crippen LogP contribution is -2.30. The molecule has 0 unspecified atom stereocenters. The highest BCUT2D eigenvalue weighted by Crippen LogP contribution is 2.43. The lowest BCUT2D eigenvalue weighted by molar-refractivity contribution is 0.347. The molecule has 0 amide bonds. The molecule has 1 saturated heterocycles. The molecule has 1 aromatic carbocycles. The number of rotatable bonds is 3. The van der Waals surface area contributed by atoms with Crippen molar-refractivity contribution in [3.63, 3.8) is 0 Å². The van der Waals surface area contributed by atoms with Crippen LogP contribution in [0, 0.1) is 5.41 Å². The molecule has 0 saturated carbocycles. The van der Waals surface area contributed by atoms with Crippen molar-refractivity contribution >= 4 is 10.0 Å². The van der Waals surface area contributed by atoms with Crippen LogP contribution in [-0.2, 0) is 10.0 Å². The van der Waals surface area contributed by atoms with Crippen LogP contribution < -0.4 is 0 Å². The van der Waals surface area contributed by atoms with Crippen LogP contribution in [0.5, 0.6) is 0 Å². The molecule has 0 bridgehead atoms. The van der Waals surface area contributed by atoms with E-state index >= 15 is 0 Å². The van der Waals surface area contributed by atoms with E-state index in [2.05, 4.69) is 36.2 Å². The van der Waals surface area contributed by atoms with E-state index in [9.17, 15) is 8.42 Å². The molecule has 0 aliphatic carbocycles. The molecule has 2 aromatic rings. The lowest BCUT2D eigenvalue weighted by Gasteiger charge is -2.25. The summed E-state index contributed by atoms with van der Waals surface area (Å²) in [6, 6.07) is 10.1. The van der Waals surface area contributed by atoms with Gasteiger partial charge in [0.05, 0.1) is 6.20 Å². The van der Waals surface area contributed by atoms with Crippen molar-refractivity contribution in [2.75, 3.05) is 13.1 Å². The molecule has 2 heterocycles. The predicted molar refractivity (Wildman–Crippen MR) is 80.3 cm³/mol. The summed E-state index contributed by atoms with van der Waals surface area (Å²) < 4.78 is 26.8. The summed E-state index contributed by atoms with van der Waals surface area (Å²) in [5, 5.41) is 6.31. The average Bonchev–Trinajstić information content (AvgIpc) is 3.07. The Labute approximate surface area is 125 Å². The van der Waals surface area contributed by atoms with E-state index in [0.29, 0.717) is 13.1 Å². The molecule has 3 rings (SSSR count). The zero-order valence-electron chi connectivity index (χ0n) is 12.2. The first-order chi connectivity index (χ1) is 9.91. The molecule has 1 fully saturated rings. The minimum Gasteiger partial charge on any atom is -0.284 e. The number of nitrogens with one attached hydrogen (secondary N) is 1. The Hall–Kier alpha value is -1.66. The van der Waals surface area contributed by atoms with Gasteiger partial charge in [-0.1, -0.05) is 44.2 Å². The summed E-state index contributed by atoms with van der Waals surface area (Å²) >= 11 is 0. The van der Waals surface area contributed by atoms with Gasteiger partial charge in [-0.15, -0.1) is 0 Å². The molecular formula is C15H19N3O2S. The van der Waals surface area contributed by atoms with Crippen LogP contribution in [0.1, 0.15) is 25.3 Å². The molecule has 1 atom stereocenters. The monoisotopic (exact) mass is 305 g/mol. The first kappa shape index (κ1) is 14.3. The molecule has 6 heteroatoms. The fraction of sp³-hybridized carbons (Fsp3) is 0.400. The van der Waals surface area contributed by atoms with Crippen molar-refractivity contribution in [1.29, 1.82) is 0 Å². The maximum Gasteiger partial charge on any atom is 0.246 e. The van der Waals surface area contributed by atoms with E-state index in [4.69, 9.17) is 0 Å². The fourth-order valence-electron chi connectivity index (χ4n) is 3.03. The zero-order chi connectivity index (χ0) is 15.1. The van der Waals surface area contributed by atoms with Crippen LogP contribution >= 0.6 is 0 Å². The van der Waals surface area contributed by atoms with Crippen molar-refractivity contribution in [2.24, 2.45) is 5.41 Å². The number of sulfonamides is 1. The van der Waals surface area contributed by atoms with Gasteiger partial charge in [0, 0.05) is 25.2 Å². The quantitative estimate of drug-likeness (QED) is 0.945. The van der Waals surface area contributed by atoms with Gasteiger partial charge in [-0.25, -0.2) is 8.42 Å². The van der Waals surface area contributed by atoms with Crippen LogP contribution in [0.4, 0.5) is 0 Å². The topological polar surface area (TPSA) is 66.1 Å². The normalized spacial score (nSPS) is 22.5. The Balaban J connectivity index is 1.92. The molecule has 1 aromatic heterocycles. The highest BCUT2D eigenvalue weighted by molar-refractivity contribution is 7.89. The van der Waals surface area contributed by atoms with Crippen LogP contribution in [0.3, 0.4) is 0 Å². The van der Waals surface area contributed by atoms with Gasteiger partial charge in [-0.3, -0.25) is 5.10 Å². The standard InChI is InChI=1S/C15H19N3O2S/c1-15(2)11-18(21(19,20)13-8-16-17-9-13)10-14(15)12-6-4-3-5-7-12/h3-9,14H,10-11H2,1-2H3,(H,16,17)/t14-/m0/s1. The summed E-state index contributed by atoms with van der Waals surface area (Å²) in [5.74, 6) is 0.195. The number of hydrogen-bond acceptors (Lipinski definition) is 3. The van der Waals surface area contributed by atoms with E-state index < -0.39 is 10.0 Å². The largest absolute Gasteiger partial charge is 0.284 e. The van der Waals surface area contributed by atoms with Gasteiger partial charge in [-0.05, 0) is 11.0 Å². The smallest absolute Gasteiger partial charge is 0.246 e. The molecule has 1 N–H and O–H groups in total. The summed E-state index contributed by atoms with van der Waals surface area (Å²) in [7, 11) is -3.47. The van der Waals surface area contributed by atoms with Crippen LogP contribution in [-0.4, -0.2) is 36.0 Å². The maximum absolute atomic E-state index is 12.6. The summed E-state index contributed by atoms with van der Waals surface area (Å²) in [5.41, 5.74) is 1.09. The minimum atomic E-state index is -3.47. The molecule has 0 spiro atoms. The molecule has 1 aliphatic rings. The second-order valence-electron chi connectivity index (χ2n) is 6.18. The third-order valence-corrected chi connectivity index (χ3v) is 6.00. The predicted octanol–water partition coefficient (Wildman–Crippen LogP) is 2.22. The highest BCUT2D eigenvalue weighted by atomic mass is 32.2. The average molecular weight is 305 g/mol. The highest BCUT2D eigenvalue weighted by Gasteiger charge is 2.45. The first-order valence-electron chi connectivity index (χ1n) is 6.95. The number of H-pyrrole nitrogens is 1. The first-order valence-corrected chi connectivity index (χ1v) is 8.39. The van der Waals surface area contributed by atoms with E-state index in [1.807, 2.05) is 18.2 Å². The SMILES string of the molecule is CC1(C)CN(S(=O)(=O)c2cn[nH]c2)C[C@H]1c1ccccc1. The van der Waals surface area contributed by atoms with Gasteiger partial charge < -0.3 is 0 Å². The van der Waals surface area contributed by atoms with E-state index in [0.717, 1.165) is 0 Å². The van der Waals surface area contributed by atoms with Crippen LogP contribution in [0.2, 0.25) is 0 Å². The van der Waals surface area contributed by atoms with Gasteiger partial charge >= 0.3 is 0 Å². The number of hydrogen-bond donors (Lipinski definition) is 1. The zero-order valence-corrected chi connectivity index (χ0v) is 13.0. The third-order valence-electron chi connectivity index (χ3n) is 4.23. The molecule has 1 aliphatic heterocycles. The third kappa shape index (κ3) is 2.49. The molecule has 5 nitrogen and oxygen atoms in total. The minimum absolute atomic E-state index is 0.0990. The maximum atomic E-state index is 12.6. The van der Waals surface area contributed by atoms with Crippen LogP contribution in [0.15, 0.2) is 47.6 Å². The summed E-state index contributed by atoms with van der Waals surface area (Å²) in [6.07, 6.45) is 2.79. The Morgan fingerprint density at radius 1 is 1.29 bits per heavy atom. The Bertz CT molecular complexity index is 709. The molecule has 112 valence electrons. The Morgan fingerprint density at radius 3 is 2.62 bits per heavy atom. The van der Waals surface area contributed by atoms with Crippen molar-refractivity contribution < 1.29 is 8.42 Å². The second kappa shape index (κ2) is 4.96. The summed E-state index contributed by atoms with van der Waals surface area (Å²) in [6.45, 7) is 5.26. The van der Waals surface area contributed by atoms with Crippen molar-refractivity contribution in [2.45, 2.75) is 24.7 Å². The molecular weight excluding hydrogens is 286 g/mol.